The molecular formula is C15H24N2O2. The Morgan fingerprint density at radius 2 is 2.05 bits per heavy atom. The third-order valence-corrected chi connectivity index (χ3v) is 2.84. The number of amides is 1. The highest BCUT2D eigenvalue weighted by Gasteiger charge is 2.05. The van der Waals surface area contributed by atoms with Gasteiger partial charge in [-0.3, -0.25) is 4.79 Å². The van der Waals surface area contributed by atoms with Crippen molar-refractivity contribution >= 4 is 5.91 Å². The third-order valence-electron chi connectivity index (χ3n) is 2.84. The number of carbonyl (C=O) groups is 1. The van der Waals surface area contributed by atoms with Crippen molar-refractivity contribution < 1.29 is 9.53 Å². The molecule has 1 atom stereocenters. The highest BCUT2D eigenvalue weighted by Crippen LogP contribution is 2.02. The molecule has 0 fully saturated rings. The summed E-state index contributed by atoms with van der Waals surface area (Å²) in [6.07, 6.45) is 1.78. The number of benzene rings is 1. The van der Waals surface area contributed by atoms with Crippen molar-refractivity contribution in [1.29, 1.82) is 0 Å². The maximum Gasteiger partial charge on any atom is 0.233 e. The van der Waals surface area contributed by atoms with Crippen LogP contribution in [0.15, 0.2) is 30.3 Å². The number of methoxy groups -OCH3 is 1. The van der Waals surface area contributed by atoms with Gasteiger partial charge in [-0.25, -0.2) is 0 Å². The van der Waals surface area contributed by atoms with Crippen molar-refractivity contribution in [3.63, 3.8) is 0 Å². The van der Waals surface area contributed by atoms with Crippen LogP contribution in [0.3, 0.4) is 0 Å². The summed E-state index contributed by atoms with van der Waals surface area (Å²) in [6.45, 7) is 3.80. The molecular weight excluding hydrogens is 240 g/mol. The normalized spacial score (nSPS) is 12.1. The van der Waals surface area contributed by atoms with Gasteiger partial charge in [0.25, 0.3) is 0 Å². The minimum Gasteiger partial charge on any atom is -0.385 e. The van der Waals surface area contributed by atoms with Gasteiger partial charge in [-0.05, 0) is 25.3 Å². The molecule has 1 amide bonds. The van der Waals surface area contributed by atoms with E-state index in [1.807, 2.05) is 18.2 Å². The zero-order valence-corrected chi connectivity index (χ0v) is 11.8. The Bertz CT molecular complexity index is 354. The van der Waals surface area contributed by atoms with Gasteiger partial charge in [0.15, 0.2) is 0 Å². The van der Waals surface area contributed by atoms with Crippen LogP contribution in [-0.4, -0.2) is 38.8 Å². The van der Waals surface area contributed by atoms with E-state index in [1.54, 1.807) is 7.11 Å². The number of rotatable bonds is 9. The van der Waals surface area contributed by atoms with E-state index in [1.165, 1.54) is 5.56 Å². The maximum absolute atomic E-state index is 11.5. The molecule has 0 aliphatic heterocycles. The highest BCUT2D eigenvalue weighted by molar-refractivity contribution is 5.77. The number of carbonyl (C=O) groups excluding carboxylic acids is 1. The van der Waals surface area contributed by atoms with Crippen molar-refractivity contribution in [1.82, 2.24) is 10.6 Å². The van der Waals surface area contributed by atoms with Crippen molar-refractivity contribution in [3.8, 4) is 0 Å². The molecule has 19 heavy (non-hydrogen) atoms. The highest BCUT2D eigenvalue weighted by atomic mass is 16.5. The summed E-state index contributed by atoms with van der Waals surface area (Å²) in [6, 6.07) is 10.6. The molecule has 1 aromatic carbocycles. The fourth-order valence-corrected chi connectivity index (χ4v) is 1.81. The van der Waals surface area contributed by atoms with E-state index in [-0.39, 0.29) is 11.9 Å². The molecule has 1 unspecified atom stereocenters. The second-order valence-corrected chi connectivity index (χ2v) is 4.67. The standard InChI is InChI=1S/C15H24N2O2/c1-13(11-14-7-4-3-5-8-14)17-12-15(18)16-9-6-10-19-2/h3-5,7-8,13,17H,6,9-12H2,1-2H3,(H,16,18). The van der Waals surface area contributed by atoms with Crippen molar-refractivity contribution in [3.05, 3.63) is 35.9 Å². The first kappa shape index (κ1) is 15.7. The Morgan fingerprint density at radius 3 is 2.74 bits per heavy atom. The quantitative estimate of drug-likeness (QED) is 0.662. The summed E-state index contributed by atoms with van der Waals surface area (Å²) in [5, 5.41) is 6.08. The van der Waals surface area contributed by atoms with Crippen LogP contribution in [0.1, 0.15) is 18.9 Å². The van der Waals surface area contributed by atoms with Crippen molar-refractivity contribution in [2.75, 3.05) is 26.8 Å². The van der Waals surface area contributed by atoms with Crippen LogP contribution in [0.5, 0.6) is 0 Å². The van der Waals surface area contributed by atoms with Crippen LogP contribution in [-0.2, 0) is 16.0 Å². The molecule has 4 nitrogen and oxygen atoms in total. The summed E-state index contributed by atoms with van der Waals surface area (Å²) >= 11 is 0. The molecule has 0 aliphatic rings. The van der Waals surface area contributed by atoms with Crippen LogP contribution in [0.25, 0.3) is 0 Å². The second-order valence-electron chi connectivity index (χ2n) is 4.67. The molecule has 0 saturated heterocycles. The molecule has 0 spiro atoms. The van der Waals surface area contributed by atoms with Crippen LogP contribution < -0.4 is 10.6 Å². The summed E-state index contributed by atoms with van der Waals surface area (Å²) < 4.78 is 4.92. The molecule has 0 heterocycles. The van der Waals surface area contributed by atoms with E-state index in [4.69, 9.17) is 4.74 Å². The van der Waals surface area contributed by atoms with Crippen molar-refractivity contribution in [2.45, 2.75) is 25.8 Å². The molecule has 0 radical (unpaired) electrons. The van der Waals surface area contributed by atoms with Crippen molar-refractivity contribution in [2.24, 2.45) is 0 Å². The minimum absolute atomic E-state index is 0.0380. The van der Waals surface area contributed by atoms with E-state index >= 15 is 0 Å². The Kier molecular flexibility index (Phi) is 7.86. The average Bonchev–Trinajstić information content (AvgIpc) is 2.42. The Balaban J connectivity index is 2.12. The Hall–Kier alpha value is -1.39. The average molecular weight is 264 g/mol. The third kappa shape index (κ3) is 7.59. The molecule has 0 aliphatic carbocycles. The minimum atomic E-state index is 0.0380. The monoisotopic (exact) mass is 264 g/mol. The van der Waals surface area contributed by atoms with Gasteiger partial charge in [0.1, 0.15) is 0 Å². The first-order valence-corrected chi connectivity index (χ1v) is 6.75. The van der Waals surface area contributed by atoms with Gasteiger partial charge in [-0.2, -0.15) is 0 Å². The molecule has 0 saturated carbocycles. The van der Waals surface area contributed by atoms with Gasteiger partial charge < -0.3 is 15.4 Å². The second kappa shape index (κ2) is 9.53. The van der Waals surface area contributed by atoms with Gasteiger partial charge in [0, 0.05) is 26.3 Å². The lowest BCUT2D eigenvalue weighted by Crippen LogP contribution is -2.39. The van der Waals surface area contributed by atoms with Crippen LogP contribution in [0, 0.1) is 0 Å². The molecule has 106 valence electrons. The lowest BCUT2D eigenvalue weighted by atomic mass is 10.1. The zero-order valence-electron chi connectivity index (χ0n) is 11.8. The first-order chi connectivity index (χ1) is 9.22. The fraction of sp³-hybridized carbons (Fsp3) is 0.533. The molecule has 1 aromatic rings. The predicted octanol–water partition coefficient (Wildman–Crippen LogP) is 1.36. The van der Waals surface area contributed by atoms with Crippen LogP contribution in [0.2, 0.25) is 0 Å². The number of hydrogen-bond acceptors (Lipinski definition) is 3. The largest absolute Gasteiger partial charge is 0.385 e. The van der Waals surface area contributed by atoms with E-state index in [0.29, 0.717) is 19.7 Å². The van der Waals surface area contributed by atoms with Gasteiger partial charge >= 0.3 is 0 Å². The Labute approximate surface area is 115 Å². The molecule has 2 N–H and O–H groups in total. The van der Waals surface area contributed by atoms with E-state index in [9.17, 15) is 4.79 Å². The predicted molar refractivity (Wildman–Crippen MR) is 77.1 cm³/mol. The van der Waals surface area contributed by atoms with E-state index in [2.05, 4.69) is 29.7 Å². The topological polar surface area (TPSA) is 50.4 Å². The van der Waals surface area contributed by atoms with Gasteiger partial charge in [-0.1, -0.05) is 30.3 Å². The van der Waals surface area contributed by atoms with Gasteiger partial charge in [0.2, 0.25) is 5.91 Å². The number of hydrogen-bond donors (Lipinski definition) is 2. The molecule has 4 heteroatoms. The number of nitrogens with one attached hydrogen (secondary N) is 2. The molecule has 0 bridgehead atoms. The maximum atomic E-state index is 11.5. The smallest absolute Gasteiger partial charge is 0.233 e. The SMILES string of the molecule is COCCCNC(=O)CNC(C)Cc1ccccc1. The van der Waals surface area contributed by atoms with Gasteiger partial charge in [0.05, 0.1) is 6.54 Å². The van der Waals surface area contributed by atoms with E-state index < -0.39 is 0 Å². The van der Waals surface area contributed by atoms with Gasteiger partial charge in [-0.15, -0.1) is 0 Å². The van der Waals surface area contributed by atoms with E-state index in [0.717, 1.165) is 12.8 Å². The molecule has 0 aromatic heterocycles. The van der Waals surface area contributed by atoms with Crippen LogP contribution in [0.4, 0.5) is 0 Å². The first-order valence-electron chi connectivity index (χ1n) is 6.75. The number of ether oxygens (including phenoxy) is 1. The summed E-state index contributed by atoms with van der Waals surface area (Å²) in [7, 11) is 1.66. The summed E-state index contributed by atoms with van der Waals surface area (Å²) in [5.41, 5.74) is 1.28. The summed E-state index contributed by atoms with van der Waals surface area (Å²) in [5.74, 6) is 0.0380. The molecule has 1 rings (SSSR count). The summed E-state index contributed by atoms with van der Waals surface area (Å²) in [4.78, 5) is 11.5. The lowest BCUT2D eigenvalue weighted by molar-refractivity contribution is -0.120. The fourth-order valence-electron chi connectivity index (χ4n) is 1.81. The Morgan fingerprint density at radius 1 is 1.32 bits per heavy atom. The lowest BCUT2D eigenvalue weighted by Gasteiger charge is -2.13. The van der Waals surface area contributed by atoms with Crippen LogP contribution >= 0.6 is 0 Å². The zero-order chi connectivity index (χ0) is 13.9.